The lowest BCUT2D eigenvalue weighted by Crippen LogP contribution is -2.57. The van der Waals surface area contributed by atoms with Gasteiger partial charge in [-0.15, -0.1) is 0 Å². The van der Waals surface area contributed by atoms with Crippen molar-refractivity contribution in [2.45, 2.75) is 76.1 Å². The average Bonchev–Trinajstić information content (AvgIpc) is 2.65. The molecule has 2 N–H and O–H groups in total. The van der Waals surface area contributed by atoms with Gasteiger partial charge >= 0.3 is 0 Å². The molecule has 0 radical (unpaired) electrons. The van der Waals surface area contributed by atoms with E-state index in [0.29, 0.717) is 6.42 Å². The predicted octanol–water partition coefficient (Wildman–Crippen LogP) is 1.58. The first kappa shape index (κ1) is 15.4. The Bertz CT molecular complexity index is 329. The summed E-state index contributed by atoms with van der Waals surface area (Å²) < 4.78 is 6.48. The third-order valence-electron chi connectivity index (χ3n) is 5.21. The smallest absolute Gasteiger partial charge is 0.192 e. The van der Waals surface area contributed by atoms with Gasteiger partial charge in [-0.05, 0) is 31.0 Å². The van der Waals surface area contributed by atoms with Crippen molar-refractivity contribution in [1.82, 2.24) is 4.90 Å². The molecule has 0 bridgehead atoms. The summed E-state index contributed by atoms with van der Waals surface area (Å²) in [7, 11) is -1.82. The first-order chi connectivity index (χ1) is 8.63. The Morgan fingerprint density at radius 3 is 2.26 bits per heavy atom. The number of piperidine rings is 1. The van der Waals surface area contributed by atoms with Gasteiger partial charge in [-0.25, -0.2) is 0 Å². The number of aliphatic hydroxyl groups excluding tert-OH is 2. The fraction of sp³-hybridized carbons (Fsp3) is 1.00. The Kier molecular flexibility index (Phi) is 4.16. The molecule has 0 saturated carbocycles. The molecule has 0 unspecified atom stereocenters. The third kappa shape index (κ3) is 2.90. The first-order valence-corrected chi connectivity index (χ1v) is 10.3. The number of rotatable bonds is 2. The minimum atomic E-state index is -1.82. The van der Waals surface area contributed by atoms with Crippen molar-refractivity contribution in [1.29, 1.82) is 0 Å². The molecule has 0 aromatic heterocycles. The fourth-order valence-electron chi connectivity index (χ4n) is 2.93. The molecule has 4 nitrogen and oxygen atoms in total. The van der Waals surface area contributed by atoms with Gasteiger partial charge in [0.2, 0.25) is 0 Å². The zero-order chi connectivity index (χ0) is 14.4. The summed E-state index contributed by atoms with van der Waals surface area (Å²) in [5.74, 6) is 0. The SMILES string of the molecule is CC(C)(C)[Si](C)(C)O[C@@H]1CCN2CC[C@@H](O)[C@@H](O)[C@H]12. The van der Waals surface area contributed by atoms with Gasteiger partial charge in [0.05, 0.1) is 24.4 Å². The minimum absolute atomic E-state index is 0.0159. The van der Waals surface area contributed by atoms with Crippen LogP contribution in [-0.2, 0) is 4.43 Å². The van der Waals surface area contributed by atoms with Gasteiger partial charge in [-0.3, -0.25) is 4.90 Å². The summed E-state index contributed by atoms with van der Waals surface area (Å²) in [5.41, 5.74) is 0. The van der Waals surface area contributed by atoms with Crippen LogP contribution in [0.4, 0.5) is 0 Å². The largest absolute Gasteiger partial charge is 0.412 e. The van der Waals surface area contributed by atoms with Gasteiger partial charge in [-0.1, -0.05) is 20.8 Å². The number of fused-ring (bicyclic) bond motifs is 1. The summed E-state index contributed by atoms with van der Waals surface area (Å²) in [6, 6.07) is -0.0159. The Hall–Kier alpha value is 0.0569. The standard InChI is InChI=1S/C14H29NO3Si/c1-14(2,3)19(4,5)18-11-7-9-15-8-6-10(16)13(17)12(11)15/h10-13,16-17H,6-9H2,1-5H3/t10-,11-,12+,13-/m1/s1. The third-order valence-corrected chi connectivity index (χ3v) is 9.72. The molecule has 2 aliphatic heterocycles. The number of nitrogens with zero attached hydrogens (tertiary/aromatic N) is 1. The topological polar surface area (TPSA) is 52.9 Å². The van der Waals surface area contributed by atoms with E-state index < -0.39 is 20.5 Å². The molecule has 0 amide bonds. The molecule has 0 aromatic carbocycles. The second kappa shape index (κ2) is 5.11. The van der Waals surface area contributed by atoms with Gasteiger partial charge in [-0.2, -0.15) is 0 Å². The fourth-order valence-corrected chi connectivity index (χ4v) is 4.29. The van der Waals surface area contributed by atoms with Crippen LogP contribution in [0.15, 0.2) is 0 Å². The molecule has 0 spiro atoms. The predicted molar refractivity (Wildman–Crippen MR) is 78.7 cm³/mol. The Morgan fingerprint density at radius 2 is 1.68 bits per heavy atom. The quantitative estimate of drug-likeness (QED) is 0.757. The number of aliphatic hydroxyl groups is 2. The van der Waals surface area contributed by atoms with E-state index in [1.54, 1.807) is 0 Å². The normalized spacial score (nSPS) is 37.4. The molecule has 4 atom stereocenters. The lowest BCUT2D eigenvalue weighted by atomic mass is 9.95. The molecule has 0 aliphatic carbocycles. The van der Waals surface area contributed by atoms with E-state index >= 15 is 0 Å². The van der Waals surface area contributed by atoms with Crippen LogP contribution >= 0.6 is 0 Å². The van der Waals surface area contributed by atoms with E-state index in [1.807, 2.05) is 0 Å². The van der Waals surface area contributed by atoms with Crippen molar-refractivity contribution in [3.63, 3.8) is 0 Å². The zero-order valence-electron chi connectivity index (χ0n) is 12.9. The van der Waals surface area contributed by atoms with Crippen molar-refractivity contribution in [3.8, 4) is 0 Å². The molecular formula is C14H29NO3Si. The number of hydrogen-bond donors (Lipinski definition) is 2. The minimum Gasteiger partial charge on any atom is -0.412 e. The van der Waals surface area contributed by atoms with E-state index in [2.05, 4.69) is 38.8 Å². The average molecular weight is 287 g/mol. The van der Waals surface area contributed by atoms with Crippen molar-refractivity contribution >= 4 is 8.32 Å². The summed E-state index contributed by atoms with van der Waals surface area (Å²) >= 11 is 0. The lowest BCUT2D eigenvalue weighted by molar-refractivity contribution is -0.0840. The second-order valence-corrected chi connectivity index (χ2v) is 12.3. The van der Waals surface area contributed by atoms with Crippen molar-refractivity contribution in [2.24, 2.45) is 0 Å². The molecular weight excluding hydrogens is 258 g/mol. The Balaban J connectivity index is 2.09. The molecule has 2 aliphatic rings. The maximum absolute atomic E-state index is 10.3. The van der Waals surface area contributed by atoms with Crippen molar-refractivity contribution in [3.05, 3.63) is 0 Å². The van der Waals surface area contributed by atoms with Crippen LogP contribution in [0, 0.1) is 0 Å². The van der Waals surface area contributed by atoms with E-state index in [9.17, 15) is 10.2 Å². The van der Waals surface area contributed by atoms with Crippen LogP contribution in [0.1, 0.15) is 33.6 Å². The summed E-state index contributed by atoms with van der Waals surface area (Å²) in [5, 5.41) is 20.3. The molecule has 2 fully saturated rings. The van der Waals surface area contributed by atoms with Crippen molar-refractivity contribution in [2.75, 3.05) is 13.1 Å². The van der Waals surface area contributed by atoms with Gasteiger partial charge in [0.25, 0.3) is 0 Å². The van der Waals surface area contributed by atoms with Gasteiger partial charge < -0.3 is 14.6 Å². The maximum Gasteiger partial charge on any atom is 0.192 e. The monoisotopic (exact) mass is 287 g/mol. The van der Waals surface area contributed by atoms with E-state index in [-0.39, 0.29) is 17.2 Å². The van der Waals surface area contributed by atoms with Gasteiger partial charge in [0, 0.05) is 13.1 Å². The molecule has 5 heteroatoms. The summed E-state index contributed by atoms with van der Waals surface area (Å²) in [6.07, 6.45) is 0.465. The van der Waals surface area contributed by atoms with E-state index in [0.717, 1.165) is 19.5 Å². The molecule has 0 aromatic rings. The van der Waals surface area contributed by atoms with E-state index in [4.69, 9.17) is 4.43 Å². The van der Waals surface area contributed by atoms with Crippen LogP contribution in [0.5, 0.6) is 0 Å². The maximum atomic E-state index is 10.3. The van der Waals surface area contributed by atoms with Gasteiger partial charge in [0.1, 0.15) is 0 Å². The van der Waals surface area contributed by atoms with Crippen LogP contribution in [-0.4, -0.2) is 60.9 Å². The van der Waals surface area contributed by atoms with Gasteiger partial charge in [0.15, 0.2) is 8.32 Å². The summed E-state index contributed by atoms with van der Waals surface area (Å²) in [6.45, 7) is 13.1. The number of hydrogen-bond acceptors (Lipinski definition) is 4. The molecule has 2 heterocycles. The van der Waals surface area contributed by atoms with Crippen LogP contribution in [0.2, 0.25) is 18.1 Å². The van der Waals surface area contributed by atoms with Crippen molar-refractivity contribution < 1.29 is 14.6 Å². The zero-order valence-corrected chi connectivity index (χ0v) is 13.9. The highest BCUT2D eigenvalue weighted by atomic mass is 28.4. The molecule has 2 saturated heterocycles. The van der Waals surface area contributed by atoms with Crippen LogP contribution in [0.3, 0.4) is 0 Å². The highest BCUT2D eigenvalue weighted by Crippen LogP contribution is 2.40. The Morgan fingerprint density at radius 1 is 1.11 bits per heavy atom. The molecule has 112 valence electrons. The highest BCUT2D eigenvalue weighted by molar-refractivity contribution is 6.74. The second-order valence-electron chi connectivity index (χ2n) is 7.58. The van der Waals surface area contributed by atoms with Crippen LogP contribution < -0.4 is 0 Å². The van der Waals surface area contributed by atoms with Crippen LogP contribution in [0.25, 0.3) is 0 Å². The lowest BCUT2D eigenvalue weighted by Gasteiger charge is -2.43. The molecule has 19 heavy (non-hydrogen) atoms. The molecule has 2 rings (SSSR count). The van der Waals surface area contributed by atoms with E-state index in [1.165, 1.54) is 0 Å². The summed E-state index contributed by atoms with van der Waals surface area (Å²) in [4.78, 5) is 2.29. The first-order valence-electron chi connectivity index (χ1n) is 7.41. The Labute approximate surface area is 117 Å². The highest BCUT2D eigenvalue weighted by Gasteiger charge is 2.48.